The van der Waals surface area contributed by atoms with Crippen LogP contribution in [0.15, 0.2) is 41.2 Å². The number of ether oxygens (including phenoxy) is 1. The van der Waals surface area contributed by atoms with E-state index in [4.69, 9.17) is 9.15 Å². The van der Waals surface area contributed by atoms with Crippen LogP contribution in [0.1, 0.15) is 48.8 Å². The molecule has 190 valence electrons. The van der Waals surface area contributed by atoms with Crippen molar-refractivity contribution in [3.05, 3.63) is 53.5 Å². The molecule has 7 rings (SSSR count). The summed E-state index contributed by atoms with van der Waals surface area (Å²) < 4.78 is 12.6. The molecule has 7 nitrogen and oxygen atoms in total. The molecule has 3 heterocycles. The maximum absolute atomic E-state index is 13.2. The van der Waals surface area contributed by atoms with E-state index >= 15 is 0 Å². The average Bonchev–Trinajstić information content (AvgIpc) is 3.36. The molecule has 1 spiro atoms. The molecule has 0 radical (unpaired) electrons. The minimum atomic E-state index is -0.932. The van der Waals surface area contributed by atoms with Gasteiger partial charge < -0.3 is 28.8 Å². The Labute approximate surface area is 211 Å². The number of carbonyl (C=O) groups is 1. The van der Waals surface area contributed by atoms with Crippen LogP contribution in [0.5, 0.6) is 11.5 Å². The molecule has 2 aliphatic heterocycles. The Bertz CT molecular complexity index is 1250. The zero-order valence-electron chi connectivity index (χ0n) is 21.0. The van der Waals surface area contributed by atoms with Crippen LogP contribution in [-0.2, 0) is 16.6 Å². The summed E-state index contributed by atoms with van der Waals surface area (Å²) in [7, 11) is 4.17. The van der Waals surface area contributed by atoms with Crippen LogP contribution in [0.2, 0.25) is 0 Å². The number of aliphatic hydroxyl groups is 1. The summed E-state index contributed by atoms with van der Waals surface area (Å²) in [5.74, 6) is 1.31. The predicted octanol–water partition coefficient (Wildman–Crippen LogP) is 3.23. The molecule has 1 aromatic carbocycles. The molecule has 2 aromatic rings. The number of likely N-dealkylation sites (N-methyl/N-ethyl adjacent to an activating group) is 2. The largest absolute Gasteiger partial charge is 0.504 e. The number of furan rings is 1. The van der Waals surface area contributed by atoms with Crippen LogP contribution in [-0.4, -0.2) is 76.5 Å². The number of nitrogens with zero attached hydrogens (tertiary/aromatic N) is 2. The molecular weight excluding hydrogens is 456 g/mol. The number of quaternary nitrogens is 1. The smallest absolute Gasteiger partial charge is 0.246 e. The highest BCUT2D eigenvalue weighted by atomic mass is 16.5. The zero-order valence-corrected chi connectivity index (χ0v) is 21.0. The van der Waals surface area contributed by atoms with Gasteiger partial charge in [-0.1, -0.05) is 6.07 Å². The van der Waals surface area contributed by atoms with Crippen molar-refractivity contribution < 1.29 is 28.6 Å². The first-order valence-corrected chi connectivity index (χ1v) is 13.3. The number of amides is 1. The minimum Gasteiger partial charge on any atom is -0.504 e. The Kier molecular flexibility index (Phi) is 4.60. The number of phenolic OH excluding ortho intramolecular Hbond substituents is 1. The average molecular weight is 492 g/mol. The highest BCUT2D eigenvalue weighted by molar-refractivity contribution is 5.91. The Balaban J connectivity index is 1.30. The maximum atomic E-state index is 13.2. The van der Waals surface area contributed by atoms with E-state index in [2.05, 4.69) is 7.05 Å². The monoisotopic (exact) mass is 491 g/mol. The summed E-state index contributed by atoms with van der Waals surface area (Å²) in [6.45, 7) is 2.10. The molecular formula is C29H35N2O5+. The molecule has 7 heteroatoms. The predicted molar refractivity (Wildman–Crippen MR) is 133 cm³/mol. The van der Waals surface area contributed by atoms with Gasteiger partial charge in [-0.2, -0.15) is 0 Å². The van der Waals surface area contributed by atoms with Gasteiger partial charge in [0, 0.05) is 43.0 Å². The lowest BCUT2D eigenvalue weighted by Crippen LogP contribution is -2.82. The standard InChI is InChI=1S/C29H34N2O5/c1-30(24(33)8-5-19-10-14-35-17-19)21-9-11-29(34)23-15-20-6-7-22(32)26-25(20)28(29,27(21)36-26)12-13-31(23,2)16-18-3-4-18/h5-8,10,14,17-18,21,23,27,34H,3-4,9,11-13,15-16H2,1-2H3/p+1/b8-5+. The summed E-state index contributed by atoms with van der Waals surface area (Å²) in [5, 5.41) is 23.6. The first kappa shape index (κ1) is 22.4. The fraction of sp³-hybridized carbons (Fsp3) is 0.552. The fourth-order valence-corrected chi connectivity index (χ4v) is 8.35. The van der Waals surface area contributed by atoms with Crippen molar-refractivity contribution in [2.24, 2.45) is 5.92 Å². The van der Waals surface area contributed by atoms with Crippen LogP contribution in [0.3, 0.4) is 0 Å². The van der Waals surface area contributed by atoms with Crippen LogP contribution in [0.25, 0.3) is 6.08 Å². The Hall–Kier alpha value is -2.77. The number of phenols is 1. The van der Waals surface area contributed by atoms with Crippen molar-refractivity contribution in [1.29, 1.82) is 0 Å². The number of hydrogen-bond donors (Lipinski definition) is 2. The Morgan fingerprint density at radius 1 is 1.25 bits per heavy atom. The van der Waals surface area contributed by atoms with E-state index in [9.17, 15) is 15.0 Å². The van der Waals surface area contributed by atoms with E-state index < -0.39 is 17.1 Å². The summed E-state index contributed by atoms with van der Waals surface area (Å²) in [5.41, 5.74) is 1.48. The molecule has 1 aromatic heterocycles. The van der Waals surface area contributed by atoms with E-state index in [0.717, 1.165) is 47.5 Å². The third-order valence-electron chi connectivity index (χ3n) is 10.3. The third-order valence-corrected chi connectivity index (χ3v) is 10.3. The summed E-state index contributed by atoms with van der Waals surface area (Å²) in [6.07, 6.45) is 11.6. The van der Waals surface area contributed by atoms with Crippen LogP contribution < -0.4 is 4.74 Å². The zero-order chi connectivity index (χ0) is 24.9. The van der Waals surface area contributed by atoms with E-state index in [1.54, 1.807) is 35.6 Å². The number of piperidine rings is 1. The molecule has 2 bridgehead atoms. The maximum Gasteiger partial charge on any atom is 0.246 e. The lowest BCUT2D eigenvalue weighted by Gasteiger charge is -2.66. The normalized spacial score (nSPS) is 38.0. The number of carbonyl (C=O) groups excluding carboxylic acids is 1. The van der Waals surface area contributed by atoms with Crippen molar-refractivity contribution in [2.45, 2.75) is 67.7 Å². The Morgan fingerprint density at radius 2 is 2.08 bits per heavy atom. The minimum absolute atomic E-state index is 0.0869. The molecule has 2 saturated carbocycles. The van der Waals surface area contributed by atoms with Gasteiger partial charge in [-0.05, 0) is 49.5 Å². The Morgan fingerprint density at radius 3 is 2.83 bits per heavy atom. The first-order valence-electron chi connectivity index (χ1n) is 13.3. The van der Waals surface area contributed by atoms with Crippen molar-refractivity contribution in [3.63, 3.8) is 0 Å². The van der Waals surface area contributed by atoms with Crippen molar-refractivity contribution in [1.82, 2.24) is 4.90 Å². The summed E-state index contributed by atoms with van der Waals surface area (Å²) in [6, 6.07) is 5.47. The quantitative estimate of drug-likeness (QED) is 0.496. The van der Waals surface area contributed by atoms with Crippen LogP contribution >= 0.6 is 0 Å². The third kappa shape index (κ3) is 2.84. The number of aromatic hydroxyl groups is 1. The van der Waals surface area contributed by atoms with E-state index in [0.29, 0.717) is 18.6 Å². The van der Waals surface area contributed by atoms with Gasteiger partial charge in [-0.25, -0.2) is 0 Å². The van der Waals surface area contributed by atoms with E-state index in [1.165, 1.54) is 18.4 Å². The lowest BCUT2D eigenvalue weighted by molar-refractivity contribution is -0.950. The van der Waals surface area contributed by atoms with Gasteiger partial charge in [0.25, 0.3) is 0 Å². The highest BCUT2D eigenvalue weighted by Crippen LogP contribution is 2.66. The molecule has 2 N–H and O–H groups in total. The number of benzene rings is 1. The van der Waals surface area contributed by atoms with Gasteiger partial charge in [0.1, 0.15) is 17.7 Å². The van der Waals surface area contributed by atoms with Crippen molar-refractivity contribution >= 4 is 12.0 Å². The number of likely N-dealkylation sites (tertiary alicyclic amines) is 1. The number of rotatable bonds is 5. The topological polar surface area (TPSA) is 83.1 Å². The second-order valence-electron chi connectivity index (χ2n) is 12.1. The number of hydrogen-bond acceptors (Lipinski definition) is 5. The summed E-state index contributed by atoms with van der Waals surface area (Å²) in [4.78, 5) is 15.0. The molecule has 1 saturated heterocycles. The van der Waals surface area contributed by atoms with Gasteiger partial charge >= 0.3 is 0 Å². The van der Waals surface area contributed by atoms with Crippen LogP contribution in [0, 0.1) is 5.92 Å². The van der Waals surface area contributed by atoms with Crippen molar-refractivity contribution in [2.75, 3.05) is 27.2 Å². The molecule has 36 heavy (non-hydrogen) atoms. The fourth-order valence-electron chi connectivity index (χ4n) is 8.35. The van der Waals surface area contributed by atoms with E-state index in [-0.39, 0.29) is 23.7 Å². The molecule has 3 aliphatic carbocycles. The van der Waals surface area contributed by atoms with Gasteiger partial charge in [0.2, 0.25) is 5.91 Å². The van der Waals surface area contributed by atoms with Gasteiger partial charge in [-0.15, -0.1) is 0 Å². The van der Waals surface area contributed by atoms with Gasteiger partial charge in [-0.3, -0.25) is 4.79 Å². The van der Waals surface area contributed by atoms with Crippen molar-refractivity contribution in [3.8, 4) is 11.5 Å². The van der Waals surface area contributed by atoms with Crippen LogP contribution in [0.4, 0.5) is 0 Å². The molecule has 5 aliphatic rings. The van der Waals surface area contributed by atoms with Gasteiger partial charge in [0.05, 0.1) is 44.1 Å². The second-order valence-corrected chi connectivity index (χ2v) is 12.1. The molecule has 6 atom stereocenters. The lowest BCUT2D eigenvalue weighted by atomic mass is 9.47. The van der Waals surface area contributed by atoms with E-state index in [1.807, 2.05) is 19.2 Å². The highest BCUT2D eigenvalue weighted by Gasteiger charge is 2.76. The second kappa shape index (κ2) is 7.39. The summed E-state index contributed by atoms with van der Waals surface area (Å²) >= 11 is 0. The van der Waals surface area contributed by atoms with Gasteiger partial charge in [0.15, 0.2) is 11.5 Å². The first-order chi connectivity index (χ1) is 17.3. The molecule has 3 fully saturated rings. The SMILES string of the molecule is CN(C(=O)/C=C/c1ccoc1)C1CCC2(O)C3Cc4ccc(O)c5c4C2(CC[N+]3(C)CC2CC2)C1O5. The molecule has 1 amide bonds. The molecule has 6 unspecified atom stereocenters.